The second kappa shape index (κ2) is 15.2. The van der Waals surface area contributed by atoms with Gasteiger partial charge in [0.1, 0.15) is 6.61 Å². The monoisotopic (exact) mass is 531 g/mol. The predicted molar refractivity (Wildman–Crippen MR) is 129 cm³/mol. The smallest absolute Gasteiger partial charge is 0.508 e. The van der Waals surface area contributed by atoms with Crippen molar-refractivity contribution in [1.29, 1.82) is 0 Å². The van der Waals surface area contributed by atoms with Crippen LogP contribution in [0.2, 0.25) is 10.0 Å². The van der Waals surface area contributed by atoms with E-state index in [1.165, 1.54) is 25.2 Å². The summed E-state index contributed by atoms with van der Waals surface area (Å²) in [5.41, 5.74) is 0.0819. The van der Waals surface area contributed by atoms with Gasteiger partial charge in [-0.05, 0) is 30.5 Å². The van der Waals surface area contributed by atoms with Crippen LogP contribution in [0.25, 0.3) is 0 Å². The van der Waals surface area contributed by atoms with Gasteiger partial charge in [0.15, 0.2) is 0 Å². The predicted octanol–water partition coefficient (Wildman–Crippen LogP) is 1.45. The van der Waals surface area contributed by atoms with E-state index < -0.39 is 50.0 Å². The van der Waals surface area contributed by atoms with E-state index in [-0.39, 0.29) is 46.7 Å². The largest absolute Gasteiger partial charge is 0.551 e. The molecule has 0 radical (unpaired) electrons. The average molecular weight is 532 g/mol. The lowest BCUT2D eigenvalue weighted by molar-refractivity contribution is -0.142. The van der Waals surface area contributed by atoms with Gasteiger partial charge in [0, 0.05) is 18.5 Å². The number of benzene rings is 1. The van der Waals surface area contributed by atoms with Gasteiger partial charge in [0.05, 0.1) is 29.5 Å². The molecule has 0 aliphatic rings. The van der Waals surface area contributed by atoms with Crippen LogP contribution >= 0.6 is 23.2 Å². The molecule has 0 aromatic heterocycles. The molecule has 192 valence electrons. The zero-order valence-corrected chi connectivity index (χ0v) is 21.1. The first-order valence-electron chi connectivity index (χ1n) is 10.7. The highest BCUT2D eigenvalue weighted by molar-refractivity contribution is 6.49. The van der Waals surface area contributed by atoms with Crippen LogP contribution in [0.1, 0.15) is 43.5 Å². The molecule has 1 aromatic carbocycles. The van der Waals surface area contributed by atoms with Crippen molar-refractivity contribution in [2.45, 2.75) is 39.1 Å². The highest BCUT2D eigenvalue weighted by atomic mass is 35.5. The summed E-state index contributed by atoms with van der Waals surface area (Å²) in [5, 5.41) is 16.8. The Hall–Kier alpha value is -2.83. The number of rotatable bonds is 14. The number of halogens is 2. The molecule has 0 unspecified atom stereocenters. The van der Waals surface area contributed by atoms with Crippen molar-refractivity contribution in [2.24, 2.45) is 5.92 Å². The number of hydrogen-bond acceptors (Lipinski definition) is 7. The summed E-state index contributed by atoms with van der Waals surface area (Å²) in [4.78, 5) is 59.5. The van der Waals surface area contributed by atoms with Crippen molar-refractivity contribution >= 4 is 60.0 Å². The number of amides is 3. The van der Waals surface area contributed by atoms with Gasteiger partial charge in [-0.3, -0.25) is 19.2 Å². The Morgan fingerprint density at radius 2 is 1.77 bits per heavy atom. The molecule has 0 saturated carbocycles. The SMILES string of the molecule is CNC(=O)CCC(=O)OB(OCC(=O)O)[C@H](CC(C)C)NC(=O)CNC(=O)c1cc(Cl)ccc1Cl. The van der Waals surface area contributed by atoms with E-state index in [0.29, 0.717) is 0 Å². The van der Waals surface area contributed by atoms with Crippen LogP contribution in [-0.4, -0.2) is 68.0 Å². The minimum absolute atomic E-state index is 0.0133. The number of aliphatic carboxylic acids is 1. The fraction of sp³-hybridized carbons (Fsp3) is 0.476. The molecule has 0 heterocycles. The van der Waals surface area contributed by atoms with Crippen LogP contribution in [0.15, 0.2) is 18.2 Å². The molecule has 3 amide bonds. The molecule has 0 spiro atoms. The standard InChI is InChI=1S/C21H28BCl2N3O8/c1-12(2)8-16(22(34-11-19(30)31)35-20(32)7-6-17(28)25-3)27-18(29)10-26-21(33)14-9-13(23)4-5-15(14)24/h4-5,9,12,16H,6-8,10-11H2,1-3H3,(H,25,28)(H,26,33)(H,27,29)(H,30,31)/t16-/m0/s1. The number of carbonyl (C=O) groups excluding carboxylic acids is 4. The number of carboxylic acids is 1. The molecule has 14 heteroatoms. The Morgan fingerprint density at radius 1 is 1.09 bits per heavy atom. The number of carboxylic acid groups (broad SMARTS) is 1. The Morgan fingerprint density at radius 3 is 2.37 bits per heavy atom. The fourth-order valence-corrected chi connectivity index (χ4v) is 3.22. The lowest BCUT2D eigenvalue weighted by Gasteiger charge is -2.25. The van der Waals surface area contributed by atoms with E-state index in [1.54, 1.807) is 0 Å². The Kier molecular flexibility index (Phi) is 13.1. The molecule has 1 rings (SSSR count). The lowest BCUT2D eigenvalue weighted by Crippen LogP contribution is -2.53. The van der Waals surface area contributed by atoms with Crippen molar-refractivity contribution in [3.05, 3.63) is 33.8 Å². The summed E-state index contributed by atoms with van der Waals surface area (Å²) in [5.74, 6) is -4.72. The van der Waals surface area contributed by atoms with Gasteiger partial charge in [-0.2, -0.15) is 0 Å². The first-order valence-corrected chi connectivity index (χ1v) is 11.4. The number of nitrogens with one attached hydrogen (secondary N) is 3. The molecule has 11 nitrogen and oxygen atoms in total. The molecule has 0 fully saturated rings. The summed E-state index contributed by atoms with van der Waals surface area (Å²) in [6.07, 6.45) is -0.154. The summed E-state index contributed by atoms with van der Waals surface area (Å²) in [6, 6.07) is 4.31. The highest BCUT2D eigenvalue weighted by Crippen LogP contribution is 2.20. The van der Waals surface area contributed by atoms with Crippen LogP contribution in [0.4, 0.5) is 0 Å². The third-order valence-corrected chi connectivity index (χ3v) is 5.00. The Bertz CT molecular complexity index is 932. The molecular weight excluding hydrogens is 504 g/mol. The van der Waals surface area contributed by atoms with E-state index in [0.717, 1.165) is 0 Å². The van der Waals surface area contributed by atoms with Crippen molar-refractivity contribution in [2.75, 3.05) is 20.2 Å². The maximum atomic E-state index is 12.6. The molecule has 0 saturated heterocycles. The molecule has 0 bridgehead atoms. The number of hydrogen-bond donors (Lipinski definition) is 4. The van der Waals surface area contributed by atoms with Gasteiger partial charge < -0.3 is 30.4 Å². The molecule has 1 atom stereocenters. The fourth-order valence-electron chi connectivity index (χ4n) is 2.85. The third-order valence-electron chi connectivity index (χ3n) is 4.44. The van der Waals surface area contributed by atoms with Crippen LogP contribution < -0.4 is 16.0 Å². The van der Waals surface area contributed by atoms with E-state index in [4.69, 9.17) is 37.6 Å². The van der Waals surface area contributed by atoms with Gasteiger partial charge >= 0.3 is 13.1 Å². The van der Waals surface area contributed by atoms with Crippen LogP contribution in [0.5, 0.6) is 0 Å². The second-order valence-corrected chi connectivity index (χ2v) is 8.69. The minimum Gasteiger partial charge on any atom is -0.508 e. The van der Waals surface area contributed by atoms with Gasteiger partial charge in [0.2, 0.25) is 11.8 Å². The maximum absolute atomic E-state index is 12.6. The van der Waals surface area contributed by atoms with Gasteiger partial charge in [0.25, 0.3) is 11.9 Å². The zero-order chi connectivity index (χ0) is 26.5. The first kappa shape index (κ1) is 30.2. The van der Waals surface area contributed by atoms with E-state index >= 15 is 0 Å². The lowest BCUT2D eigenvalue weighted by atomic mass is 9.73. The van der Waals surface area contributed by atoms with Crippen molar-refractivity contribution < 1.29 is 38.4 Å². The average Bonchev–Trinajstić information content (AvgIpc) is 2.79. The summed E-state index contributed by atoms with van der Waals surface area (Å²) in [6.45, 7) is 2.43. The Labute approximate surface area is 213 Å². The normalized spacial score (nSPS) is 11.4. The van der Waals surface area contributed by atoms with E-state index in [2.05, 4.69) is 16.0 Å². The maximum Gasteiger partial charge on any atom is 0.551 e. The summed E-state index contributed by atoms with van der Waals surface area (Å²) < 4.78 is 10.5. The topological polar surface area (TPSA) is 160 Å². The molecular formula is C21H28BCl2N3O8. The van der Waals surface area contributed by atoms with Gasteiger partial charge in [-0.25, -0.2) is 4.79 Å². The summed E-state index contributed by atoms with van der Waals surface area (Å²) in [7, 11) is -0.0209. The molecule has 4 N–H and O–H groups in total. The van der Waals surface area contributed by atoms with Crippen LogP contribution in [0, 0.1) is 5.92 Å². The first-order chi connectivity index (χ1) is 16.4. The van der Waals surface area contributed by atoms with Crippen LogP contribution in [0.3, 0.4) is 0 Å². The number of carbonyl (C=O) groups is 5. The van der Waals surface area contributed by atoms with Crippen LogP contribution in [-0.2, 0) is 28.5 Å². The quantitative estimate of drug-likeness (QED) is 0.262. The van der Waals surface area contributed by atoms with Gasteiger partial charge in [-0.1, -0.05) is 37.0 Å². The molecule has 0 aliphatic heterocycles. The summed E-state index contributed by atoms with van der Waals surface area (Å²) >= 11 is 11.9. The third kappa shape index (κ3) is 11.9. The second-order valence-electron chi connectivity index (χ2n) is 7.85. The van der Waals surface area contributed by atoms with E-state index in [1.807, 2.05) is 13.8 Å². The van der Waals surface area contributed by atoms with E-state index in [9.17, 15) is 24.0 Å². The minimum atomic E-state index is -1.44. The molecule has 1 aromatic rings. The Balaban J connectivity index is 2.88. The van der Waals surface area contributed by atoms with Crippen molar-refractivity contribution in [1.82, 2.24) is 16.0 Å². The zero-order valence-electron chi connectivity index (χ0n) is 19.6. The molecule has 35 heavy (non-hydrogen) atoms. The molecule has 0 aliphatic carbocycles. The van der Waals surface area contributed by atoms with Crippen molar-refractivity contribution in [3.63, 3.8) is 0 Å². The van der Waals surface area contributed by atoms with Crippen molar-refractivity contribution in [3.8, 4) is 0 Å². The highest BCUT2D eigenvalue weighted by Gasteiger charge is 2.36. The van der Waals surface area contributed by atoms with Gasteiger partial charge in [-0.15, -0.1) is 0 Å².